The minimum Gasteiger partial charge on any atom is -0.340 e. The zero-order chi connectivity index (χ0) is 15.8. The number of amides is 2. The number of piperazine rings is 1. The van der Waals surface area contributed by atoms with E-state index in [1.807, 2.05) is 13.8 Å². The molecule has 0 saturated carbocycles. The smallest absolute Gasteiger partial charge is 0.253 e. The Morgan fingerprint density at radius 3 is 2.19 bits per heavy atom. The first kappa shape index (κ1) is 16.1. The summed E-state index contributed by atoms with van der Waals surface area (Å²) >= 11 is 12.4. The molecule has 2 rings (SSSR count). The first-order valence-corrected chi connectivity index (χ1v) is 7.73. The minimum absolute atomic E-state index is 0.172. The summed E-state index contributed by atoms with van der Waals surface area (Å²) in [5.41, 5.74) is -0.494. The van der Waals surface area contributed by atoms with Crippen molar-refractivity contribution in [1.29, 1.82) is 0 Å². The second-order valence-corrected chi connectivity index (χ2v) is 6.01. The van der Waals surface area contributed by atoms with Crippen LogP contribution in [0, 0.1) is 0 Å². The third-order valence-corrected chi connectivity index (χ3v) is 4.75. The molecule has 0 aromatic heterocycles. The molecule has 1 aliphatic heterocycles. The molecule has 114 valence electrons. The normalized spacial score (nSPS) is 21.4. The highest BCUT2D eigenvalue weighted by Crippen LogP contribution is 2.38. The van der Waals surface area contributed by atoms with Gasteiger partial charge in [-0.15, -0.1) is 0 Å². The molecule has 1 aliphatic rings. The van der Waals surface area contributed by atoms with Crippen LogP contribution in [-0.4, -0.2) is 23.4 Å². The van der Waals surface area contributed by atoms with Gasteiger partial charge in [-0.2, -0.15) is 0 Å². The number of hydrogen-bond acceptors (Lipinski definition) is 2. The van der Waals surface area contributed by atoms with Gasteiger partial charge in [0.05, 0.1) is 15.7 Å². The van der Waals surface area contributed by atoms with Crippen molar-refractivity contribution in [3.63, 3.8) is 0 Å². The SMILES string of the molecule is CCC1(CC)NC(=O)C(C)N(c2c(Cl)cccc2Cl)C1=O. The number of carbonyl (C=O) groups is 2. The summed E-state index contributed by atoms with van der Waals surface area (Å²) in [4.78, 5) is 26.7. The van der Waals surface area contributed by atoms with Crippen LogP contribution in [0.4, 0.5) is 5.69 Å². The van der Waals surface area contributed by atoms with Crippen molar-refractivity contribution in [2.75, 3.05) is 4.90 Å². The molecule has 6 heteroatoms. The van der Waals surface area contributed by atoms with E-state index in [4.69, 9.17) is 23.2 Å². The molecule has 0 spiro atoms. The highest BCUT2D eigenvalue weighted by molar-refractivity contribution is 6.40. The second kappa shape index (κ2) is 5.85. The lowest BCUT2D eigenvalue weighted by molar-refractivity contribution is -0.138. The van der Waals surface area contributed by atoms with Gasteiger partial charge in [0, 0.05) is 0 Å². The van der Waals surface area contributed by atoms with Gasteiger partial charge in [0.25, 0.3) is 5.91 Å². The van der Waals surface area contributed by atoms with Crippen molar-refractivity contribution in [2.45, 2.75) is 45.2 Å². The van der Waals surface area contributed by atoms with Crippen LogP contribution in [0.2, 0.25) is 10.0 Å². The molecular weight excluding hydrogens is 311 g/mol. The van der Waals surface area contributed by atoms with Gasteiger partial charge in [0.15, 0.2) is 0 Å². The molecule has 1 heterocycles. The van der Waals surface area contributed by atoms with E-state index in [1.54, 1.807) is 25.1 Å². The summed E-state index contributed by atoms with van der Waals surface area (Å²) in [6.45, 7) is 5.43. The van der Waals surface area contributed by atoms with Gasteiger partial charge < -0.3 is 5.32 Å². The quantitative estimate of drug-likeness (QED) is 0.924. The predicted octanol–water partition coefficient (Wildman–Crippen LogP) is 3.40. The average molecular weight is 329 g/mol. The Bertz CT molecular complexity index is 565. The zero-order valence-corrected chi connectivity index (χ0v) is 13.8. The Hall–Kier alpha value is -1.26. The molecule has 1 fully saturated rings. The Kier molecular flexibility index (Phi) is 4.49. The maximum absolute atomic E-state index is 13.0. The number of para-hydroxylation sites is 1. The molecule has 4 nitrogen and oxygen atoms in total. The molecule has 1 atom stereocenters. The number of hydrogen-bond donors (Lipinski definition) is 1. The Labute approximate surface area is 134 Å². The van der Waals surface area contributed by atoms with Crippen LogP contribution in [0.3, 0.4) is 0 Å². The Morgan fingerprint density at radius 1 is 1.19 bits per heavy atom. The molecule has 0 bridgehead atoms. The highest BCUT2D eigenvalue weighted by Gasteiger charge is 2.48. The number of anilines is 1. The van der Waals surface area contributed by atoms with Crippen LogP contribution < -0.4 is 10.2 Å². The van der Waals surface area contributed by atoms with Gasteiger partial charge in [-0.1, -0.05) is 43.1 Å². The summed E-state index contributed by atoms with van der Waals surface area (Å²) in [6, 6.07) is 4.38. The van der Waals surface area contributed by atoms with Crippen molar-refractivity contribution in [2.24, 2.45) is 0 Å². The summed E-state index contributed by atoms with van der Waals surface area (Å²) in [7, 11) is 0. The molecule has 1 aromatic rings. The molecule has 1 unspecified atom stereocenters. The summed E-state index contributed by atoms with van der Waals surface area (Å²) in [5, 5.41) is 3.57. The predicted molar refractivity (Wildman–Crippen MR) is 84.9 cm³/mol. The lowest BCUT2D eigenvalue weighted by Gasteiger charge is -2.44. The highest BCUT2D eigenvalue weighted by atomic mass is 35.5. The fourth-order valence-corrected chi connectivity index (χ4v) is 3.24. The minimum atomic E-state index is -0.897. The number of nitrogens with one attached hydrogen (secondary N) is 1. The monoisotopic (exact) mass is 328 g/mol. The molecule has 21 heavy (non-hydrogen) atoms. The molecule has 1 saturated heterocycles. The van der Waals surface area contributed by atoms with E-state index in [2.05, 4.69) is 5.32 Å². The van der Waals surface area contributed by atoms with Crippen molar-refractivity contribution in [3.05, 3.63) is 28.2 Å². The van der Waals surface area contributed by atoms with Gasteiger partial charge in [-0.25, -0.2) is 0 Å². The van der Waals surface area contributed by atoms with Gasteiger partial charge in [0.1, 0.15) is 11.6 Å². The van der Waals surface area contributed by atoms with Crippen molar-refractivity contribution in [3.8, 4) is 0 Å². The van der Waals surface area contributed by atoms with Crippen molar-refractivity contribution >= 4 is 40.7 Å². The standard InChI is InChI=1S/C15H18Cl2N2O2/c1-4-15(5-2)14(21)19(9(3)13(20)18-15)12-10(16)7-6-8-11(12)17/h6-9H,4-5H2,1-3H3,(H,18,20). The number of carbonyl (C=O) groups excluding carboxylic acids is 2. The van der Waals surface area contributed by atoms with Crippen LogP contribution in [0.25, 0.3) is 0 Å². The topological polar surface area (TPSA) is 49.4 Å². The zero-order valence-electron chi connectivity index (χ0n) is 12.2. The number of benzene rings is 1. The fourth-order valence-electron chi connectivity index (χ4n) is 2.66. The summed E-state index contributed by atoms with van der Waals surface area (Å²) in [5.74, 6) is -0.371. The van der Waals surface area contributed by atoms with Crippen molar-refractivity contribution in [1.82, 2.24) is 5.32 Å². The van der Waals surface area contributed by atoms with E-state index in [0.717, 1.165) is 0 Å². The fraction of sp³-hybridized carbons (Fsp3) is 0.467. The van der Waals surface area contributed by atoms with E-state index in [9.17, 15) is 9.59 Å². The van der Waals surface area contributed by atoms with Gasteiger partial charge in [-0.3, -0.25) is 14.5 Å². The van der Waals surface area contributed by atoms with E-state index in [-0.39, 0.29) is 11.8 Å². The number of rotatable bonds is 3. The van der Waals surface area contributed by atoms with Gasteiger partial charge in [0.2, 0.25) is 5.91 Å². The third kappa shape index (κ3) is 2.51. The second-order valence-electron chi connectivity index (χ2n) is 5.20. The summed E-state index contributed by atoms with van der Waals surface area (Å²) < 4.78 is 0. The molecular formula is C15H18Cl2N2O2. The molecule has 0 aliphatic carbocycles. The van der Waals surface area contributed by atoms with E-state index in [1.165, 1.54) is 4.90 Å². The van der Waals surface area contributed by atoms with Crippen molar-refractivity contribution < 1.29 is 9.59 Å². The maximum Gasteiger partial charge on any atom is 0.253 e. The van der Waals surface area contributed by atoms with Crippen LogP contribution in [0.5, 0.6) is 0 Å². The van der Waals surface area contributed by atoms with Crippen LogP contribution in [0.1, 0.15) is 33.6 Å². The largest absolute Gasteiger partial charge is 0.340 e. The number of halogens is 2. The van der Waals surface area contributed by atoms with E-state index in [0.29, 0.717) is 28.6 Å². The third-order valence-electron chi connectivity index (χ3n) is 4.14. The van der Waals surface area contributed by atoms with E-state index < -0.39 is 11.6 Å². The van der Waals surface area contributed by atoms with Crippen LogP contribution in [-0.2, 0) is 9.59 Å². The molecule has 2 amide bonds. The van der Waals surface area contributed by atoms with Gasteiger partial charge >= 0.3 is 0 Å². The molecule has 1 N–H and O–H groups in total. The van der Waals surface area contributed by atoms with Crippen LogP contribution in [0.15, 0.2) is 18.2 Å². The Morgan fingerprint density at radius 2 is 1.71 bits per heavy atom. The van der Waals surface area contributed by atoms with E-state index >= 15 is 0 Å². The van der Waals surface area contributed by atoms with Crippen LogP contribution >= 0.6 is 23.2 Å². The van der Waals surface area contributed by atoms with Gasteiger partial charge in [-0.05, 0) is 31.9 Å². The maximum atomic E-state index is 13.0. The first-order chi connectivity index (χ1) is 9.88. The first-order valence-electron chi connectivity index (χ1n) is 6.97. The summed E-state index contributed by atoms with van der Waals surface area (Å²) in [6.07, 6.45) is 1.03. The molecule has 1 aromatic carbocycles. The number of nitrogens with zero attached hydrogens (tertiary/aromatic N) is 1. The lowest BCUT2D eigenvalue weighted by atomic mass is 9.87. The average Bonchev–Trinajstić information content (AvgIpc) is 2.46. The Balaban J connectivity index is 2.59. The molecule has 0 radical (unpaired) electrons. The lowest BCUT2D eigenvalue weighted by Crippen LogP contribution is -2.69.